The number of ether oxygens (including phenoxy) is 3. The first-order chi connectivity index (χ1) is 13.7. The molecule has 1 aromatic rings. The molecule has 1 N–H and O–H groups in total. The van der Waals surface area contributed by atoms with Gasteiger partial charge in [0, 0.05) is 37.2 Å². The van der Waals surface area contributed by atoms with Crippen LogP contribution in [-0.4, -0.2) is 49.6 Å². The quantitative estimate of drug-likeness (QED) is 0.837. The third-order valence-corrected chi connectivity index (χ3v) is 5.98. The van der Waals surface area contributed by atoms with Crippen molar-refractivity contribution in [3.63, 3.8) is 0 Å². The van der Waals surface area contributed by atoms with Crippen LogP contribution in [0.3, 0.4) is 0 Å². The van der Waals surface area contributed by atoms with Gasteiger partial charge in [-0.1, -0.05) is 12.8 Å². The first-order valence-corrected chi connectivity index (χ1v) is 10.2. The van der Waals surface area contributed by atoms with Crippen molar-refractivity contribution in [2.24, 2.45) is 5.92 Å². The average molecular weight is 388 g/mol. The number of nitrogens with zero attached hydrogens (tertiary/aromatic N) is 1. The Morgan fingerprint density at radius 2 is 1.89 bits per heavy atom. The number of fused-ring (bicyclic) bond motifs is 1. The summed E-state index contributed by atoms with van der Waals surface area (Å²) in [5.41, 5.74) is 0.847. The number of methoxy groups -OCH3 is 1. The Labute approximate surface area is 165 Å². The molecule has 3 aliphatic rings. The molecule has 0 unspecified atom stereocenters. The van der Waals surface area contributed by atoms with Gasteiger partial charge in [0.05, 0.1) is 13.0 Å². The van der Waals surface area contributed by atoms with Crippen LogP contribution in [0.1, 0.15) is 44.1 Å². The molecule has 7 heteroatoms. The Kier molecular flexibility index (Phi) is 5.59. The van der Waals surface area contributed by atoms with Crippen LogP contribution < -0.4 is 19.5 Å². The first kappa shape index (κ1) is 18.9. The molecule has 2 heterocycles. The molecule has 1 atom stereocenters. The molecule has 1 aromatic carbocycles. The standard InChI is InChI=1S/C21H28N2O5/c1-26-17-11-19-18(27-8-9-28-19)10-15(17)12-22-21(25)14-6-7-20(24)23(13-14)16-4-2-3-5-16/h10-11,14,16H,2-9,12-13H2,1H3,(H,22,25)/t14-/m0/s1. The minimum atomic E-state index is -0.151. The zero-order valence-electron chi connectivity index (χ0n) is 16.4. The summed E-state index contributed by atoms with van der Waals surface area (Å²) < 4.78 is 16.7. The minimum absolute atomic E-state index is 0.00700. The largest absolute Gasteiger partial charge is 0.496 e. The van der Waals surface area contributed by atoms with Gasteiger partial charge < -0.3 is 24.4 Å². The van der Waals surface area contributed by atoms with Crippen LogP contribution in [0.25, 0.3) is 0 Å². The van der Waals surface area contributed by atoms with E-state index in [1.165, 1.54) is 12.8 Å². The normalized spacial score (nSPS) is 22.2. The molecular weight excluding hydrogens is 360 g/mol. The maximum Gasteiger partial charge on any atom is 0.225 e. The molecule has 0 bridgehead atoms. The van der Waals surface area contributed by atoms with Crippen LogP contribution in [0, 0.1) is 5.92 Å². The van der Waals surface area contributed by atoms with Gasteiger partial charge in [-0.25, -0.2) is 0 Å². The van der Waals surface area contributed by atoms with E-state index >= 15 is 0 Å². The molecule has 2 fully saturated rings. The van der Waals surface area contributed by atoms with Gasteiger partial charge in [-0.3, -0.25) is 9.59 Å². The lowest BCUT2D eigenvalue weighted by Crippen LogP contribution is -2.49. The van der Waals surface area contributed by atoms with Gasteiger partial charge >= 0.3 is 0 Å². The van der Waals surface area contributed by atoms with E-state index < -0.39 is 0 Å². The van der Waals surface area contributed by atoms with Crippen LogP contribution >= 0.6 is 0 Å². The van der Waals surface area contributed by atoms with Crippen LogP contribution in [0.4, 0.5) is 0 Å². The van der Waals surface area contributed by atoms with Crippen molar-refractivity contribution in [2.75, 3.05) is 26.9 Å². The average Bonchev–Trinajstić information content (AvgIpc) is 3.26. The molecule has 7 nitrogen and oxygen atoms in total. The van der Waals surface area contributed by atoms with Gasteiger partial charge in [-0.05, 0) is 25.3 Å². The monoisotopic (exact) mass is 388 g/mol. The van der Waals surface area contributed by atoms with E-state index in [-0.39, 0.29) is 17.7 Å². The number of hydrogen-bond donors (Lipinski definition) is 1. The summed E-state index contributed by atoms with van der Waals surface area (Å²) in [6.07, 6.45) is 5.56. The van der Waals surface area contributed by atoms with Gasteiger partial charge in [0.25, 0.3) is 0 Å². The summed E-state index contributed by atoms with van der Waals surface area (Å²) in [6, 6.07) is 3.99. The summed E-state index contributed by atoms with van der Waals surface area (Å²) in [4.78, 5) is 27.0. The number of amides is 2. The van der Waals surface area contributed by atoms with Crippen molar-refractivity contribution in [3.05, 3.63) is 17.7 Å². The molecule has 152 valence electrons. The van der Waals surface area contributed by atoms with E-state index in [9.17, 15) is 9.59 Å². The second-order valence-electron chi connectivity index (χ2n) is 7.75. The highest BCUT2D eigenvalue weighted by Crippen LogP contribution is 2.36. The van der Waals surface area contributed by atoms with E-state index in [1.54, 1.807) is 13.2 Å². The lowest BCUT2D eigenvalue weighted by Gasteiger charge is -2.36. The third kappa shape index (κ3) is 3.88. The fourth-order valence-corrected chi connectivity index (χ4v) is 4.42. The van der Waals surface area contributed by atoms with Gasteiger partial charge in [0.2, 0.25) is 11.8 Å². The molecule has 1 saturated heterocycles. The van der Waals surface area contributed by atoms with E-state index in [1.807, 2.05) is 11.0 Å². The summed E-state index contributed by atoms with van der Waals surface area (Å²) in [7, 11) is 1.60. The number of carbonyl (C=O) groups is 2. The summed E-state index contributed by atoms with van der Waals surface area (Å²) in [5, 5.41) is 3.02. The highest BCUT2D eigenvalue weighted by Gasteiger charge is 2.35. The Bertz CT molecular complexity index is 745. The SMILES string of the molecule is COc1cc2c(cc1CNC(=O)[C@H]1CCC(=O)N(C3CCCC3)C1)OCCO2. The van der Waals surface area contributed by atoms with Gasteiger partial charge in [0.1, 0.15) is 19.0 Å². The van der Waals surface area contributed by atoms with Gasteiger partial charge in [-0.15, -0.1) is 0 Å². The predicted octanol–water partition coefficient (Wildman–Crippen LogP) is 2.26. The zero-order chi connectivity index (χ0) is 19.5. The van der Waals surface area contributed by atoms with E-state index in [0.717, 1.165) is 18.4 Å². The van der Waals surface area contributed by atoms with Crippen molar-refractivity contribution < 1.29 is 23.8 Å². The van der Waals surface area contributed by atoms with Gasteiger partial charge in [0.15, 0.2) is 11.5 Å². The molecule has 4 rings (SSSR count). The van der Waals surface area contributed by atoms with Crippen molar-refractivity contribution in [2.45, 2.75) is 51.1 Å². The molecule has 2 aliphatic heterocycles. The number of hydrogen-bond acceptors (Lipinski definition) is 5. The number of piperidine rings is 1. The maximum atomic E-state index is 12.8. The lowest BCUT2D eigenvalue weighted by molar-refractivity contribution is -0.140. The molecular formula is C21H28N2O5. The highest BCUT2D eigenvalue weighted by atomic mass is 16.6. The van der Waals surface area contributed by atoms with Crippen molar-refractivity contribution in [3.8, 4) is 17.2 Å². The van der Waals surface area contributed by atoms with Crippen LogP contribution in [-0.2, 0) is 16.1 Å². The van der Waals surface area contributed by atoms with Gasteiger partial charge in [-0.2, -0.15) is 0 Å². The Balaban J connectivity index is 1.39. The van der Waals surface area contributed by atoms with Crippen molar-refractivity contribution >= 4 is 11.8 Å². The Morgan fingerprint density at radius 1 is 1.18 bits per heavy atom. The Morgan fingerprint density at radius 3 is 2.61 bits per heavy atom. The fraction of sp³-hybridized carbons (Fsp3) is 0.619. The van der Waals surface area contributed by atoms with E-state index in [2.05, 4.69) is 5.32 Å². The number of likely N-dealkylation sites (tertiary alicyclic amines) is 1. The summed E-state index contributed by atoms with van der Waals surface area (Å²) >= 11 is 0. The molecule has 1 saturated carbocycles. The van der Waals surface area contributed by atoms with Crippen LogP contribution in [0.5, 0.6) is 17.2 Å². The lowest BCUT2D eigenvalue weighted by atomic mass is 9.94. The second kappa shape index (κ2) is 8.29. The first-order valence-electron chi connectivity index (χ1n) is 10.2. The molecule has 0 aromatic heterocycles. The Hall–Kier alpha value is -2.44. The summed E-state index contributed by atoms with van der Waals surface area (Å²) in [5.74, 6) is 2.04. The predicted molar refractivity (Wildman–Crippen MR) is 103 cm³/mol. The van der Waals surface area contributed by atoms with Crippen molar-refractivity contribution in [1.82, 2.24) is 10.2 Å². The molecule has 1 aliphatic carbocycles. The third-order valence-electron chi connectivity index (χ3n) is 5.98. The molecule has 28 heavy (non-hydrogen) atoms. The van der Waals surface area contributed by atoms with Crippen LogP contribution in [0.2, 0.25) is 0 Å². The number of nitrogens with one attached hydrogen (secondary N) is 1. The smallest absolute Gasteiger partial charge is 0.225 e. The fourth-order valence-electron chi connectivity index (χ4n) is 4.42. The zero-order valence-corrected chi connectivity index (χ0v) is 16.4. The molecule has 2 amide bonds. The molecule has 0 spiro atoms. The summed E-state index contributed by atoms with van der Waals surface area (Å²) in [6.45, 7) is 1.92. The maximum absolute atomic E-state index is 12.8. The minimum Gasteiger partial charge on any atom is -0.496 e. The number of rotatable bonds is 5. The van der Waals surface area contributed by atoms with E-state index in [4.69, 9.17) is 14.2 Å². The highest BCUT2D eigenvalue weighted by molar-refractivity contribution is 5.84. The number of benzene rings is 1. The molecule has 0 radical (unpaired) electrons. The topological polar surface area (TPSA) is 77.1 Å². The second-order valence-corrected chi connectivity index (χ2v) is 7.75. The number of carbonyl (C=O) groups excluding carboxylic acids is 2. The van der Waals surface area contributed by atoms with Crippen molar-refractivity contribution in [1.29, 1.82) is 0 Å². The van der Waals surface area contributed by atoms with E-state index in [0.29, 0.717) is 62.4 Å². The van der Waals surface area contributed by atoms with Crippen LogP contribution in [0.15, 0.2) is 12.1 Å².